The van der Waals surface area contributed by atoms with Gasteiger partial charge in [-0.2, -0.15) is 0 Å². The van der Waals surface area contributed by atoms with Crippen LogP contribution in [0.4, 0.5) is 4.79 Å². The van der Waals surface area contributed by atoms with E-state index in [1.807, 2.05) is 0 Å². The van der Waals surface area contributed by atoms with Crippen molar-refractivity contribution in [3.63, 3.8) is 0 Å². The van der Waals surface area contributed by atoms with Crippen LogP contribution < -0.4 is 5.73 Å². The highest BCUT2D eigenvalue weighted by Gasteiger charge is 2.33. The van der Waals surface area contributed by atoms with Crippen molar-refractivity contribution >= 4 is 6.03 Å². The zero-order valence-electron chi connectivity index (χ0n) is 8.99. The summed E-state index contributed by atoms with van der Waals surface area (Å²) in [6, 6.07) is -0.378. The van der Waals surface area contributed by atoms with Crippen LogP contribution in [0.5, 0.6) is 0 Å². The molecular formula is C10H20N2O2. The van der Waals surface area contributed by atoms with Crippen LogP contribution in [0, 0.1) is 5.92 Å². The molecule has 0 aromatic rings. The lowest BCUT2D eigenvalue weighted by molar-refractivity contribution is -0.0271. The van der Waals surface area contributed by atoms with Crippen molar-refractivity contribution in [2.45, 2.75) is 38.7 Å². The third kappa shape index (κ3) is 2.87. The summed E-state index contributed by atoms with van der Waals surface area (Å²) in [7, 11) is 0. The highest BCUT2D eigenvalue weighted by atomic mass is 16.3. The molecule has 0 spiro atoms. The van der Waals surface area contributed by atoms with E-state index in [2.05, 4.69) is 13.8 Å². The van der Waals surface area contributed by atoms with E-state index in [9.17, 15) is 9.90 Å². The minimum atomic E-state index is -0.583. The SMILES string of the molecule is CC(C)CC1(O)CCN(C(N)=O)CC1. The van der Waals surface area contributed by atoms with E-state index in [-0.39, 0.29) is 6.03 Å². The summed E-state index contributed by atoms with van der Waals surface area (Å²) in [5.41, 5.74) is 4.58. The summed E-state index contributed by atoms with van der Waals surface area (Å²) >= 11 is 0. The Morgan fingerprint density at radius 2 is 2.00 bits per heavy atom. The van der Waals surface area contributed by atoms with Crippen molar-refractivity contribution in [1.29, 1.82) is 0 Å². The predicted octanol–water partition coefficient (Wildman–Crippen LogP) is 0.938. The molecule has 14 heavy (non-hydrogen) atoms. The molecule has 4 heteroatoms. The molecule has 0 bridgehead atoms. The van der Waals surface area contributed by atoms with Crippen molar-refractivity contribution in [1.82, 2.24) is 4.90 Å². The van der Waals surface area contributed by atoms with Gasteiger partial charge < -0.3 is 15.7 Å². The molecule has 1 aliphatic heterocycles. The summed E-state index contributed by atoms with van der Waals surface area (Å²) in [5, 5.41) is 10.2. The van der Waals surface area contributed by atoms with Gasteiger partial charge in [0.1, 0.15) is 0 Å². The maximum absolute atomic E-state index is 10.9. The third-order valence-electron chi connectivity index (χ3n) is 2.79. The second-order valence-corrected chi connectivity index (χ2v) is 4.65. The summed E-state index contributed by atoms with van der Waals surface area (Å²) in [4.78, 5) is 12.4. The highest BCUT2D eigenvalue weighted by molar-refractivity contribution is 5.72. The molecule has 1 heterocycles. The van der Waals surface area contributed by atoms with Crippen LogP contribution in [-0.2, 0) is 0 Å². The largest absolute Gasteiger partial charge is 0.390 e. The fourth-order valence-electron chi connectivity index (χ4n) is 2.11. The van der Waals surface area contributed by atoms with E-state index < -0.39 is 5.60 Å². The molecule has 0 saturated carbocycles. The standard InChI is InChI=1S/C10H20N2O2/c1-8(2)7-10(14)3-5-12(6-4-10)9(11)13/h8,14H,3-7H2,1-2H3,(H2,11,13). The van der Waals surface area contributed by atoms with E-state index in [1.54, 1.807) is 4.90 Å². The molecule has 82 valence electrons. The van der Waals surface area contributed by atoms with Crippen LogP contribution in [-0.4, -0.2) is 34.7 Å². The minimum absolute atomic E-state index is 0.378. The molecule has 1 rings (SSSR count). The fraction of sp³-hybridized carbons (Fsp3) is 0.900. The molecule has 0 aromatic heterocycles. The van der Waals surface area contributed by atoms with E-state index in [4.69, 9.17) is 5.73 Å². The van der Waals surface area contributed by atoms with Gasteiger partial charge in [-0.25, -0.2) is 4.79 Å². The van der Waals surface area contributed by atoms with Crippen molar-refractivity contribution < 1.29 is 9.90 Å². The first kappa shape index (κ1) is 11.3. The number of likely N-dealkylation sites (tertiary alicyclic amines) is 1. The minimum Gasteiger partial charge on any atom is -0.390 e. The lowest BCUT2D eigenvalue weighted by atomic mass is 9.84. The van der Waals surface area contributed by atoms with Crippen LogP contribution in [0.25, 0.3) is 0 Å². The molecule has 4 nitrogen and oxygen atoms in total. The van der Waals surface area contributed by atoms with Gasteiger partial charge in [0.05, 0.1) is 5.60 Å². The average Bonchev–Trinajstić information content (AvgIpc) is 2.02. The molecule has 0 radical (unpaired) electrons. The molecule has 0 aliphatic carbocycles. The summed E-state index contributed by atoms with van der Waals surface area (Å²) in [6.07, 6.45) is 2.10. The number of hydrogen-bond acceptors (Lipinski definition) is 2. The number of aliphatic hydroxyl groups is 1. The van der Waals surface area contributed by atoms with Crippen LogP contribution in [0.2, 0.25) is 0 Å². The second kappa shape index (κ2) is 4.17. The first-order chi connectivity index (χ1) is 6.43. The van der Waals surface area contributed by atoms with Crippen molar-refractivity contribution in [3.05, 3.63) is 0 Å². The second-order valence-electron chi connectivity index (χ2n) is 4.65. The number of carbonyl (C=O) groups is 1. The number of piperidine rings is 1. The van der Waals surface area contributed by atoms with E-state index in [0.717, 1.165) is 6.42 Å². The molecule has 1 fully saturated rings. The molecule has 0 atom stereocenters. The first-order valence-corrected chi connectivity index (χ1v) is 5.20. The number of amides is 2. The molecular weight excluding hydrogens is 180 g/mol. The number of urea groups is 1. The van der Waals surface area contributed by atoms with Crippen LogP contribution in [0.15, 0.2) is 0 Å². The number of primary amides is 1. The number of carbonyl (C=O) groups excluding carboxylic acids is 1. The Bertz CT molecular complexity index is 208. The Kier molecular flexibility index (Phi) is 3.37. The van der Waals surface area contributed by atoms with Crippen LogP contribution in [0.1, 0.15) is 33.1 Å². The summed E-state index contributed by atoms with van der Waals surface area (Å²) in [5.74, 6) is 0.486. The van der Waals surface area contributed by atoms with E-state index in [0.29, 0.717) is 31.8 Å². The van der Waals surface area contributed by atoms with Crippen molar-refractivity contribution in [3.8, 4) is 0 Å². The molecule has 1 saturated heterocycles. The van der Waals surface area contributed by atoms with Gasteiger partial charge in [0.2, 0.25) is 0 Å². The van der Waals surface area contributed by atoms with Gasteiger partial charge in [0.15, 0.2) is 0 Å². The lowest BCUT2D eigenvalue weighted by Crippen LogP contribution is -2.48. The maximum Gasteiger partial charge on any atom is 0.314 e. The maximum atomic E-state index is 10.9. The van der Waals surface area contributed by atoms with Gasteiger partial charge in [-0.1, -0.05) is 13.8 Å². The number of hydrogen-bond donors (Lipinski definition) is 2. The zero-order valence-corrected chi connectivity index (χ0v) is 8.99. The molecule has 3 N–H and O–H groups in total. The Labute approximate surface area is 85.1 Å². The molecule has 1 aliphatic rings. The number of rotatable bonds is 2. The Hall–Kier alpha value is -0.770. The van der Waals surface area contributed by atoms with Crippen LogP contribution >= 0.6 is 0 Å². The van der Waals surface area contributed by atoms with E-state index >= 15 is 0 Å². The molecule has 2 amide bonds. The normalized spacial score (nSPS) is 21.3. The van der Waals surface area contributed by atoms with Crippen molar-refractivity contribution in [2.75, 3.05) is 13.1 Å². The Morgan fingerprint density at radius 1 is 1.50 bits per heavy atom. The topological polar surface area (TPSA) is 66.6 Å². The van der Waals surface area contributed by atoms with Crippen molar-refractivity contribution in [2.24, 2.45) is 11.7 Å². The molecule has 0 aromatic carbocycles. The Balaban J connectivity index is 2.44. The van der Waals surface area contributed by atoms with E-state index in [1.165, 1.54) is 0 Å². The van der Waals surface area contributed by atoms with Gasteiger partial charge >= 0.3 is 6.03 Å². The third-order valence-corrected chi connectivity index (χ3v) is 2.79. The monoisotopic (exact) mass is 200 g/mol. The smallest absolute Gasteiger partial charge is 0.314 e. The predicted molar refractivity (Wildman–Crippen MR) is 54.8 cm³/mol. The number of nitrogens with two attached hydrogens (primary N) is 1. The highest BCUT2D eigenvalue weighted by Crippen LogP contribution is 2.28. The summed E-state index contributed by atoms with van der Waals surface area (Å²) in [6.45, 7) is 5.36. The van der Waals surface area contributed by atoms with Gasteiger partial charge in [0.25, 0.3) is 0 Å². The zero-order chi connectivity index (χ0) is 10.8. The summed E-state index contributed by atoms with van der Waals surface area (Å²) < 4.78 is 0. The fourth-order valence-corrected chi connectivity index (χ4v) is 2.11. The van der Waals surface area contributed by atoms with Gasteiger partial charge in [-0.15, -0.1) is 0 Å². The Morgan fingerprint density at radius 3 is 2.36 bits per heavy atom. The lowest BCUT2D eigenvalue weighted by Gasteiger charge is -2.38. The van der Waals surface area contributed by atoms with Gasteiger partial charge in [0, 0.05) is 13.1 Å². The average molecular weight is 200 g/mol. The van der Waals surface area contributed by atoms with Gasteiger partial charge in [-0.3, -0.25) is 0 Å². The van der Waals surface area contributed by atoms with Gasteiger partial charge in [-0.05, 0) is 25.2 Å². The molecule has 0 unspecified atom stereocenters. The first-order valence-electron chi connectivity index (χ1n) is 5.20. The van der Waals surface area contributed by atoms with Crippen LogP contribution in [0.3, 0.4) is 0 Å². The quantitative estimate of drug-likeness (QED) is 0.696. The number of nitrogens with zero attached hydrogens (tertiary/aromatic N) is 1.